The van der Waals surface area contributed by atoms with Gasteiger partial charge in [-0.2, -0.15) is 0 Å². The second kappa shape index (κ2) is 6.91. The third-order valence-corrected chi connectivity index (χ3v) is 3.75. The Morgan fingerprint density at radius 1 is 1.20 bits per heavy atom. The number of aryl methyl sites for hydroxylation is 1. The van der Waals surface area contributed by atoms with Crippen LogP contribution < -0.4 is 5.32 Å². The summed E-state index contributed by atoms with van der Waals surface area (Å²) in [6.45, 7) is 2.07. The van der Waals surface area contributed by atoms with Gasteiger partial charge in [0.25, 0.3) is 0 Å². The van der Waals surface area contributed by atoms with Gasteiger partial charge in [-0.25, -0.2) is 0 Å². The van der Waals surface area contributed by atoms with Gasteiger partial charge in [0, 0.05) is 15.2 Å². The van der Waals surface area contributed by atoms with Gasteiger partial charge in [-0.1, -0.05) is 46.6 Å². The van der Waals surface area contributed by atoms with Crippen LogP contribution >= 0.6 is 27.5 Å². The molecular formula is C16H15BrClNO. The van der Waals surface area contributed by atoms with Crippen molar-refractivity contribution in [2.45, 2.75) is 19.8 Å². The van der Waals surface area contributed by atoms with Crippen molar-refractivity contribution >= 4 is 39.1 Å². The van der Waals surface area contributed by atoms with E-state index in [1.54, 1.807) is 12.1 Å². The molecule has 0 aromatic heterocycles. The van der Waals surface area contributed by atoms with Gasteiger partial charge < -0.3 is 5.32 Å². The minimum absolute atomic E-state index is 0.0238. The van der Waals surface area contributed by atoms with Gasteiger partial charge in [0.05, 0.1) is 6.42 Å². The zero-order valence-corrected chi connectivity index (χ0v) is 13.5. The summed E-state index contributed by atoms with van der Waals surface area (Å²) in [5.74, 6) is -0.0238. The molecule has 1 N–H and O–H groups in total. The highest BCUT2D eigenvalue weighted by Crippen LogP contribution is 2.22. The first-order valence-corrected chi connectivity index (χ1v) is 7.58. The Morgan fingerprint density at radius 2 is 1.90 bits per heavy atom. The Morgan fingerprint density at radius 3 is 2.55 bits per heavy atom. The zero-order chi connectivity index (χ0) is 14.5. The lowest BCUT2D eigenvalue weighted by Gasteiger charge is -2.10. The first-order valence-electron chi connectivity index (χ1n) is 6.41. The molecule has 0 fully saturated rings. The molecule has 0 aliphatic rings. The Labute approximate surface area is 132 Å². The lowest BCUT2D eigenvalue weighted by atomic mass is 10.1. The quantitative estimate of drug-likeness (QED) is 0.837. The van der Waals surface area contributed by atoms with Crippen LogP contribution in [0, 0.1) is 0 Å². The molecule has 1 amide bonds. The van der Waals surface area contributed by atoms with E-state index in [1.165, 1.54) is 0 Å². The van der Waals surface area contributed by atoms with Crippen molar-refractivity contribution < 1.29 is 4.79 Å². The van der Waals surface area contributed by atoms with Crippen LogP contribution in [0.4, 0.5) is 5.69 Å². The number of rotatable bonds is 4. The molecule has 0 unspecified atom stereocenters. The fourth-order valence-corrected chi connectivity index (χ4v) is 2.49. The van der Waals surface area contributed by atoms with E-state index in [0.717, 1.165) is 27.7 Å². The number of hydrogen-bond donors (Lipinski definition) is 1. The van der Waals surface area contributed by atoms with Gasteiger partial charge in [0.15, 0.2) is 0 Å². The standard InChI is InChI=1S/C16H15BrClNO/c1-2-12-10-13(17)5-8-15(12)19-16(20)9-11-3-6-14(18)7-4-11/h3-8,10H,2,9H2,1H3,(H,19,20). The molecule has 4 heteroatoms. The third-order valence-electron chi connectivity index (χ3n) is 3.00. The Hall–Kier alpha value is -1.32. The molecule has 2 aromatic rings. The number of benzene rings is 2. The second-order valence-electron chi connectivity index (χ2n) is 4.51. The van der Waals surface area contributed by atoms with E-state index < -0.39 is 0 Å². The van der Waals surface area contributed by atoms with E-state index in [4.69, 9.17) is 11.6 Å². The molecular weight excluding hydrogens is 338 g/mol. The molecule has 2 aromatic carbocycles. The summed E-state index contributed by atoms with van der Waals surface area (Å²) in [7, 11) is 0. The minimum Gasteiger partial charge on any atom is -0.326 e. The van der Waals surface area contributed by atoms with Gasteiger partial charge in [-0.3, -0.25) is 4.79 Å². The van der Waals surface area contributed by atoms with Crippen LogP contribution in [-0.4, -0.2) is 5.91 Å². The Bertz CT molecular complexity index is 610. The number of amides is 1. The normalized spacial score (nSPS) is 10.3. The van der Waals surface area contributed by atoms with Crippen molar-refractivity contribution in [3.8, 4) is 0 Å². The van der Waals surface area contributed by atoms with E-state index >= 15 is 0 Å². The van der Waals surface area contributed by atoms with Crippen molar-refractivity contribution in [2.75, 3.05) is 5.32 Å². The fourth-order valence-electron chi connectivity index (χ4n) is 1.96. The predicted molar refractivity (Wildman–Crippen MR) is 87.3 cm³/mol. The van der Waals surface area contributed by atoms with E-state index in [-0.39, 0.29) is 5.91 Å². The lowest BCUT2D eigenvalue weighted by molar-refractivity contribution is -0.115. The number of halogens is 2. The molecule has 2 rings (SSSR count). The molecule has 2 nitrogen and oxygen atoms in total. The summed E-state index contributed by atoms with van der Waals surface area (Å²) < 4.78 is 1.02. The molecule has 20 heavy (non-hydrogen) atoms. The van der Waals surface area contributed by atoms with Crippen molar-refractivity contribution in [1.82, 2.24) is 0 Å². The molecule has 0 heterocycles. The summed E-state index contributed by atoms with van der Waals surface area (Å²) >= 11 is 9.27. The SMILES string of the molecule is CCc1cc(Br)ccc1NC(=O)Cc1ccc(Cl)cc1. The van der Waals surface area contributed by atoms with Gasteiger partial charge in [0.2, 0.25) is 5.91 Å². The average molecular weight is 353 g/mol. The first kappa shape index (κ1) is 15.1. The van der Waals surface area contributed by atoms with Crippen molar-refractivity contribution in [1.29, 1.82) is 0 Å². The zero-order valence-electron chi connectivity index (χ0n) is 11.1. The maximum atomic E-state index is 12.1. The largest absolute Gasteiger partial charge is 0.326 e. The second-order valence-corrected chi connectivity index (χ2v) is 5.86. The maximum Gasteiger partial charge on any atom is 0.228 e. The highest BCUT2D eigenvalue weighted by atomic mass is 79.9. The molecule has 0 radical (unpaired) electrons. The van der Waals surface area contributed by atoms with E-state index in [1.807, 2.05) is 30.3 Å². The molecule has 0 saturated carbocycles. The van der Waals surface area contributed by atoms with Gasteiger partial charge in [-0.05, 0) is 47.9 Å². The maximum absolute atomic E-state index is 12.1. The van der Waals surface area contributed by atoms with E-state index in [2.05, 4.69) is 28.2 Å². The van der Waals surface area contributed by atoms with E-state index in [0.29, 0.717) is 11.4 Å². The number of nitrogens with one attached hydrogen (secondary N) is 1. The fraction of sp³-hybridized carbons (Fsp3) is 0.188. The van der Waals surface area contributed by atoms with Gasteiger partial charge >= 0.3 is 0 Å². The highest BCUT2D eigenvalue weighted by molar-refractivity contribution is 9.10. The van der Waals surface area contributed by atoms with Crippen LogP contribution in [0.25, 0.3) is 0 Å². The number of hydrogen-bond acceptors (Lipinski definition) is 1. The predicted octanol–water partition coefficient (Wildman–Crippen LogP) is 4.85. The van der Waals surface area contributed by atoms with Gasteiger partial charge in [0.1, 0.15) is 0 Å². The molecule has 104 valence electrons. The average Bonchev–Trinajstić information content (AvgIpc) is 2.43. The van der Waals surface area contributed by atoms with Crippen LogP contribution in [0.1, 0.15) is 18.1 Å². The van der Waals surface area contributed by atoms with Crippen molar-refractivity contribution in [2.24, 2.45) is 0 Å². The van der Waals surface area contributed by atoms with Crippen LogP contribution in [0.5, 0.6) is 0 Å². The lowest BCUT2D eigenvalue weighted by Crippen LogP contribution is -2.15. The van der Waals surface area contributed by atoms with Crippen LogP contribution in [0.2, 0.25) is 5.02 Å². The molecule has 0 aliphatic heterocycles. The summed E-state index contributed by atoms with van der Waals surface area (Å²) in [6, 6.07) is 13.2. The van der Waals surface area contributed by atoms with Crippen molar-refractivity contribution in [3.63, 3.8) is 0 Å². The Kier molecular flexibility index (Phi) is 5.21. The van der Waals surface area contributed by atoms with E-state index in [9.17, 15) is 4.79 Å². The number of carbonyl (C=O) groups is 1. The summed E-state index contributed by atoms with van der Waals surface area (Å²) in [4.78, 5) is 12.1. The summed E-state index contributed by atoms with van der Waals surface area (Å²) in [6.07, 6.45) is 1.21. The number of carbonyl (C=O) groups excluding carboxylic acids is 1. The Balaban J connectivity index is 2.06. The molecule has 0 atom stereocenters. The number of anilines is 1. The molecule has 0 spiro atoms. The monoisotopic (exact) mass is 351 g/mol. The van der Waals surface area contributed by atoms with Crippen LogP contribution in [0.3, 0.4) is 0 Å². The minimum atomic E-state index is -0.0238. The summed E-state index contributed by atoms with van der Waals surface area (Å²) in [5, 5.41) is 3.64. The third kappa shape index (κ3) is 4.09. The highest BCUT2D eigenvalue weighted by Gasteiger charge is 2.07. The van der Waals surface area contributed by atoms with Gasteiger partial charge in [-0.15, -0.1) is 0 Å². The topological polar surface area (TPSA) is 29.1 Å². The van der Waals surface area contributed by atoms with Crippen LogP contribution in [0.15, 0.2) is 46.9 Å². The molecule has 0 aliphatic carbocycles. The molecule has 0 saturated heterocycles. The first-order chi connectivity index (χ1) is 9.58. The smallest absolute Gasteiger partial charge is 0.228 e. The molecule has 0 bridgehead atoms. The van der Waals surface area contributed by atoms with Crippen LogP contribution in [-0.2, 0) is 17.6 Å². The van der Waals surface area contributed by atoms with Crippen molar-refractivity contribution in [3.05, 3.63) is 63.1 Å². The summed E-state index contributed by atoms with van der Waals surface area (Å²) in [5.41, 5.74) is 2.93.